The molecule has 2 aliphatic rings. The lowest BCUT2D eigenvalue weighted by molar-refractivity contribution is -0.385. The van der Waals surface area contributed by atoms with Gasteiger partial charge in [0, 0.05) is 12.5 Å². The number of fused-ring (bicyclic) bond motifs is 1. The van der Waals surface area contributed by atoms with E-state index >= 15 is 0 Å². The summed E-state index contributed by atoms with van der Waals surface area (Å²) in [5, 5.41) is 22.2. The van der Waals surface area contributed by atoms with Crippen molar-refractivity contribution >= 4 is 23.4 Å². The number of amides is 1. The predicted molar refractivity (Wildman–Crippen MR) is 142 cm³/mol. The Labute approximate surface area is 220 Å². The summed E-state index contributed by atoms with van der Waals surface area (Å²) in [4.78, 5) is 25.1. The van der Waals surface area contributed by atoms with Crippen molar-refractivity contribution in [2.45, 2.75) is 38.8 Å². The molecule has 10 heteroatoms. The van der Waals surface area contributed by atoms with E-state index < -0.39 is 16.9 Å². The summed E-state index contributed by atoms with van der Waals surface area (Å²) >= 11 is 0. The molecule has 0 spiro atoms. The maximum atomic E-state index is 13.9. The molecule has 0 saturated heterocycles. The average molecular weight is 516 g/mol. The minimum Gasteiger partial charge on any atom is -0.497 e. The molecule has 1 aromatic heterocycles. The zero-order valence-electron chi connectivity index (χ0n) is 21.5. The Bertz CT molecular complexity index is 1410. The molecule has 0 N–H and O–H groups in total. The lowest BCUT2D eigenvalue weighted by atomic mass is 9.77. The van der Waals surface area contributed by atoms with Crippen LogP contribution in [0.15, 0.2) is 65.4 Å². The summed E-state index contributed by atoms with van der Waals surface area (Å²) in [6, 6.07) is 14.9. The molecule has 5 rings (SSSR count). The van der Waals surface area contributed by atoms with Crippen LogP contribution in [0.2, 0.25) is 0 Å². The lowest BCUT2D eigenvalue weighted by Gasteiger charge is -2.29. The molecule has 1 fully saturated rings. The van der Waals surface area contributed by atoms with Gasteiger partial charge in [0.15, 0.2) is 0 Å². The quantitative estimate of drug-likeness (QED) is 0.313. The van der Waals surface area contributed by atoms with Gasteiger partial charge in [-0.2, -0.15) is 10.2 Å². The van der Waals surface area contributed by atoms with E-state index in [0.717, 1.165) is 47.4 Å². The van der Waals surface area contributed by atoms with Gasteiger partial charge in [0.05, 0.1) is 30.9 Å². The monoisotopic (exact) mass is 515 g/mol. The van der Waals surface area contributed by atoms with Crippen LogP contribution in [0, 0.1) is 16.0 Å². The van der Waals surface area contributed by atoms with Gasteiger partial charge in [-0.25, -0.2) is 5.01 Å². The van der Waals surface area contributed by atoms with E-state index in [4.69, 9.17) is 14.6 Å². The number of methoxy groups -OCH3 is 2. The molecular weight excluding hydrogens is 486 g/mol. The summed E-state index contributed by atoms with van der Waals surface area (Å²) in [6.45, 7) is 2.22. The Morgan fingerprint density at radius 2 is 1.76 bits per heavy atom. The number of nitrogens with zero attached hydrogens (tertiary/aromatic N) is 5. The number of allylic oxidation sites excluding steroid dienone is 1. The second-order valence-electron chi connectivity index (χ2n) is 9.27. The van der Waals surface area contributed by atoms with E-state index in [1.165, 1.54) is 15.9 Å². The molecule has 2 aromatic carbocycles. The highest BCUT2D eigenvalue weighted by atomic mass is 16.6. The van der Waals surface area contributed by atoms with Gasteiger partial charge in [-0.3, -0.25) is 19.6 Å². The minimum atomic E-state index is -0.588. The average Bonchev–Trinajstić information content (AvgIpc) is 3.56. The topological polar surface area (TPSA) is 112 Å². The molecule has 38 heavy (non-hydrogen) atoms. The van der Waals surface area contributed by atoms with E-state index in [2.05, 4.69) is 11.2 Å². The number of hydrogen-bond acceptors (Lipinski definition) is 7. The van der Waals surface area contributed by atoms with Gasteiger partial charge < -0.3 is 9.47 Å². The van der Waals surface area contributed by atoms with Crippen molar-refractivity contribution in [2.75, 3.05) is 14.2 Å². The van der Waals surface area contributed by atoms with Crippen LogP contribution in [0.1, 0.15) is 53.8 Å². The fourth-order valence-corrected chi connectivity index (χ4v) is 5.17. The smallest absolute Gasteiger partial charge is 0.320 e. The van der Waals surface area contributed by atoms with Gasteiger partial charge in [-0.05, 0) is 73.2 Å². The standard InChI is InChI=1S/C28H29N5O5/c1-4-31-17-24(33(35)36)26(29-31)28(34)32-27(19-10-14-22(38-3)15-11-19)23-7-5-6-20(25(23)30-32)16-18-8-12-21(37-2)13-9-18/h8-17,23,27H,4-7H2,1-3H3/b20-16+. The number of carbonyl (C=O) groups is 1. The molecule has 0 radical (unpaired) electrons. The maximum absolute atomic E-state index is 13.9. The van der Waals surface area contributed by atoms with Crippen molar-refractivity contribution in [3.8, 4) is 11.5 Å². The number of carbonyl (C=O) groups excluding carboxylic acids is 1. The number of benzene rings is 2. The Morgan fingerprint density at radius 1 is 1.11 bits per heavy atom. The molecule has 10 nitrogen and oxygen atoms in total. The first-order chi connectivity index (χ1) is 18.4. The van der Waals surface area contributed by atoms with Crippen molar-refractivity contribution in [3.05, 3.63) is 87.2 Å². The molecule has 2 atom stereocenters. The fraction of sp³-hybridized carbons (Fsp3) is 0.321. The van der Waals surface area contributed by atoms with Crippen molar-refractivity contribution < 1.29 is 19.2 Å². The second kappa shape index (κ2) is 10.5. The van der Waals surface area contributed by atoms with E-state index in [1.54, 1.807) is 14.2 Å². The van der Waals surface area contributed by atoms with Crippen LogP contribution in [0.25, 0.3) is 6.08 Å². The summed E-state index contributed by atoms with van der Waals surface area (Å²) in [7, 11) is 3.23. The van der Waals surface area contributed by atoms with Gasteiger partial charge >= 0.3 is 11.6 Å². The molecule has 1 aliphatic heterocycles. The molecule has 196 valence electrons. The number of nitro groups is 1. The number of ether oxygens (including phenoxy) is 2. The van der Waals surface area contributed by atoms with Crippen molar-refractivity contribution in [1.82, 2.24) is 14.8 Å². The van der Waals surface area contributed by atoms with Gasteiger partial charge in [0.2, 0.25) is 5.69 Å². The normalized spacial score (nSPS) is 19.7. The van der Waals surface area contributed by atoms with Gasteiger partial charge in [0.1, 0.15) is 17.7 Å². The van der Waals surface area contributed by atoms with E-state index in [9.17, 15) is 14.9 Å². The first-order valence-electron chi connectivity index (χ1n) is 12.6. The highest BCUT2D eigenvalue weighted by molar-refractivity contribution is 6.09. The molecule has 2 unspecified atom stereocenters. The molecule has 3 aromatic rings. The maximum Gasteiger partial charge on any atom is 0.320 e. The summed E-state index contributed by atoms with van der Waals surface area (Å²) < 4.78 is 12.0. The van der Waals surface area contributed by atoms with Crippen LogP contribution in [-0.2, 0) is 6.54 Å². The summed E-state index contributed by atoms with van der Waals surface area (Å²) in [5.41, 5.74) is 3.24. The highest BCUT2D eigenvalue weighted by Crippen LogP contribution is 2.45. The Hall–Kier alpha value is -4.47. The van der Waals surface area contributed by atoms with Crippen LogP contribution < -0.4 is 9.47 Å². The Morgan fingerprint density at radius 3 is 2.37 bits per heavy atom. The van der Waals surface area contributed by atoms with Crippen molar-refractivity contribution in [1.29, 1.82) is 0 Å². The van der Waals surface area contributed by atoms with Crippen LogP contribution >= 0.6 is 0 Å². The number of rotatable bonds is 7. The van der Waals surface area contributed by atoms with E-state index in [1.807, 2.05) is 55.5 Å². The second-order valence-corrected chi connectivity index (χ2v) is 9.27. The highest BCUT2D eigenvalue weighted by Gasteiger charge is 2.45. The Balaban J connectivity index is 1.59. The number of aryl methyl sites for hydroxylation is 1. The first kappa shape index (κ1) is 25.2. The zero-order valence-corrected chi connectivity index (χ0v) is 21.5. The molecule has 1 saturated carbocycles. The van der Waals surface area contributed by atoms with Crippen molar-refractivity contribution in [3.63, 3.8) is 0 Å². The van der Waals surface area contributed by atoms with Crippen LogP contribution in [-0.4, -0.2) is 45.6 Å². The predicted octanol–water partition coefficient (Wildman–Crippen LogP) is 5.27. The molecule has 1 amide bonds. The number of hydrogen-bond donors (Lipinski definition) is 0. The van der Waals surface area contributed by atoms with Crippen LogP contribution in [0.3, 0.4) is 0 Å². The first-order valence-corrected chi connectivity index (χ1v) is 12.6. The third-order valence-electron chi connectivity index (χ3n) is 7.09. The van der Waals surface area contributed by atoms with E-state index in [0.29, 0.717) is 12.3 Å². The molecule has 0 bridgehead atoms. The van der Waals surface area contributed by atoms with E-state index in [-0.39, 0.29) is 17.3 Å². The summed E-state index contributed by atoms with van der Waals surface area (Å²) in [6.07, 6.45) is 5.98. The minimum absolute atomic E-state index is 0.0575. The summed E-state index contributed by atoms with van der Waals surface area (Å²) in [5.74, 6) is 0.830. The SMILES string of the molecule is CCn1cc([N+](=O)[O-])c(C(=O)N2N=C3/C(=C/c4ccc(OC)cc4)CCCC3C2c2ccc(OC)cc2)n1. The third kappa shape index (κ3) is 4.65. The molecule has 1 aliphatic carbocycles. The van der Waals surface area contributed by atoms with Crippen molar-refractivity contribution in [2.24, 2.45) is 11.0 Å². The largest absolute Gasteiger partial charge is 0.497 e. The van der Waals surface area contributed by atoms with Crippen LogP contribution in [0.5, 0.6) is 11.5 Å². The molecule has 2 heterocycles. The number of hydrazone groups is 1. The Kier molecular flexibility index (Phi) is 6.95. The lowest BCUT2D eigenvalue weighted by Crippen LogP contribution is -2.32. The zero-order chi connectivity index (χ0) is 26.8. The molecular formula is C28H29N5O5. The fourth-order valence-electron chi connectivity index (χ4n) is 5.17. The van der Waals surface area contributed by atoms with Gasteiger partial charge in [0.25, 0.3) is 0 Å². The van der Waals surface area contributed by atoms with Gasteiger partial charge in [-0.1, -0.05) is 24.3 Å². The van der Waals surface area contributed by atoms with Crippen LogP contribution in [0.4, 0.5) is 5.69 Å². The number of aromatic nitrogens is 2. The van der Waals surface area contributed by atoms with Gasteiger partial charge in [-0.15, -0.1) is 0 Å². The third-order valence-corrected chi connectivity index (χ3v) is 7.09.